The van der Waals surface area contributed by atoms with Crippen molar-refractivity contribution in [2.75, 3.05) is 46.5 Å². The van der Waals surface area contributed by atoms with Crippen molar-refractivity contribution in [2.24, 2.45) is 0 Å². The molecule has 0 heterocycles. The second-order valence-corrected chi connectivity index (χ2v) is 4.72. The third-order valence-corrected chi connectivity index (χ3v) is 3.04. The molecule has 0 bridgehead atoms. The molecule has 0 unspecified atom stereocenters. The SMILES string of the molecule is COCCN(CCO)CC(=O)NCCc1ccc(F)cc1. The van der Waals surface area contributed by atoms with E-state index in [0.717, 1.165) is 5.56 Å². The van der Waals surface area contributed by atoms with Crippen LogP contribution < -0.4 is 5.32 Å². The Bertz CT molecular complexity index is 412. The first kappa shape index (κ1) is 17.6. The molecule has 0 aliphatic rings. The maximum atomic E-state index is 12.7. The number of carbonyl (C=O) groups is 1. The predicted octanol–water partition coefficient (Wildman–Crippen LogP) is 0.425. The van der Waals surface area contributed by atoms with Crippen LogP contribution in [0.5, 0.6) is 0 Å². The van der Waals surface area contributed by atoms with Crippen LogP contribution >= 0.6 is 0 Å². The smallest absolute Gasteiger partial charge is 0.234 e. The van der Waals surface area contributed by atoms with Gasteiger partial charge in [0.15, 0.2) is 0 Å². The second kappa shape index (κ2) is 10.3. The highest BCUT2D eigenvalue weighted by atomic mass is 19.1. The normalized spacial score (nSPS) is 10.9. The van der Waals surface area contributed by atoms with Gasteiger partial charge in [0.2, 0.25) is 5.91 Å². The molecule has 1 amide bonds. The zero-order chi connectivity index (χ0) is 15.5. The molecule has 118 valence electrons. The molecular weight excluding hydrogens is 275 g/mol. The van der Waals surface area contributed by atoms with Crippen LogP contribution in [0.3, 0.4) is 0 Å². The van der Waals surface area contributed by atoms with Gasteiger partial charge in [-0.05, 0) is 24.1 Å². The van der Waals surface area contributed by atoms with Crippen LogP contribution in [0.1, 0.15) is 5.56 Å². The minimum atomic E-state index is -0.263. The fourth-order valence-corrected chi connectivity index (χ4v) is 1.89. The van der Waals surface area contributed by atoms with Gasteiger partial charge in [-0.1, -0.05) is 12.1 Å². The van der Waals surface area contributed by atoms with Gasteiger partial charge >= 0.3 is 0 Å². The lowest BCUT2D eigenvalue weighted by molar-refractivity contribution is -0.122. The Kier molecular flexibility index (Phi) is 8.57. The Morgan fingerprint density at radius 3 is 2.67 bits per heavy atom. The highest BCUT2D eigenvalue weighted by Gasteiger charge is 2.09. The van der Waals surface area contributed by atoms with Gasteiger partial charge < -0.3 is 15.2 Å². The van der Waals surface area contributed by atoms with E-state index in [1.807, 2.05) is 4.90 Å². The number of nitrogens with zero attached hydrogens (tertiary/aromatic N) is 1. The van der Waals surface area contributed by atoms with Crippen molar-refractivity contribution in [2.45, 2.75) is 6.42 Å². The van der Waals surface area contributed by atoms with Crippen LogP contribution in [-0.2, 0) is 16.0 Å². The molecule has 5 nitrogen and oxygen atoms in total. The number of nitrogens with one attached hydrogen (secondary N) is 1. The van der Waals surface area contributed by atoms with Gasteiger partial charge in [0.05, 0.1) is 19.8 Å². The van der Waals surface area contributed by atoms with Gasteiger partial charge in [0, 0.05) is 26.7 Å². The van der Waals surface area contributed by atoms with Gasteiger partial charge in [-0.25, -0.2) is 4.39 Å². The molecule has 6 heteroatoms. The molecule has 0 fully saturated rings. The topological polar surface area (TPSA) is 61.8 Å². The van der Waals surface area contributed by atoms with E-state index in [4.69, 9.17) is 9.84 Å². The average molecular weight is 298 g/mol. The van der Waals surface area contributed by atoms with E-state index >= 15 is 0 Å². The lowest BCUT2D eigenvalue weighted by Gasteiger charge is -2.20. The van der Waals surface area contributed by atoms with Crippen molar-refractivity contribution in [3.05, 3.63) is 35.6 Å². The molecule has 0 radical (unpaired) electrons. The first-order chi connectivity index (χ1) is 10.2. The van der Waals surface area contributed by atoms with E-state index in [1.54, 1.807) is 19.2 Å². The number of halogens is 1. The molecule has 1 aromatic rings. The second-order valence-electron chi connectivity index (χ2n) is 4.72. The van der Waals surface area contributed by atoms with Gasteiger partial charge in [-0.3, -0.25) is 9.69 Å². The number of hydrogen-bond acceptors (Lipinski definition) is 4. The van der Waals surface area contributed by atoms with Crippen molar-refractivity contribution < 1.29 is 19.0 Å². The Morgan fingerprint density at radius 2 is 2.05 bits per heavy atom. The van der Waals surface area contributed by atoms with Crippen molar-refractivity contribution in [3.8, 4) is 0 Å². The molecule has 2 N–H and O–H groups in total. The van der Waals surface area contributed by atoms with Crippen LogP contribution in [0.2, 0.25) is 0 Å². The Hall–Kier alpha value is -1.50. The number of amides is 1. The largest absolute Gasteiger partial charge is 0.395 e. The molecule has 0 spiro atoms. The molecule has 0 saturated carbocycles. The van der Waals surface area contributed by atoms with Gasteiger partial charge in [0.1, 0.15) is 5.82 Å². The number of rotatable bonds is 10. The summed E-state index contributed by atoms with van der Waals surface area (Å²) in [6.45, 7) is 2.29. The average Bonchev–Trinajstić information content (AvgIpc) is 2.47. The highest BCUT2D eigenvalue weighted by molar-refractivity contribution is 5.78. The van der Waals surface area contributed by atoms with E-state index in [9.17, 15) is 9.18 Å². The molecule has 0 aromatic heterocycles. The number of carbonyl (C=O) groups excluding carboxylic acids is 1. The third-order valence-electron chi connectivity index (χ3n) is 3.04. The molecule has 21 heavy (non-hydrogen) atoms. The van der Waals surface area contributed by atoms with E-state index in [-0.39, 0.29) is 24.9 Å². The molecule has 0 aliphatic carbocycles. The molecule has 1 rings (SSSR count). The van der Waals surface area contributed by atoms with E-state index < -0.39 is 0 Å². The quantitative estimate of drug-likeness (QED) is 0.657. The zero-order valence-electron chi connectivity index (χ0n) is 12.3. The van der Waals surface area contributed by atoms with Crippen LogP contribution in [-0.4, -0.2) is 62.4 Å². The Morgan fingerprint density at radius 1 is 1.33 bits per heavy atom. The van der Waals surface area contributed by atoms with Gasteiger partial charge in [0.25, 0.3) is 0 Å². The van der Waals surface area contributed by atoms with Gasteiger partial charge in [-0.15, -0.1) is 0 Å². The van der Waals surface area contributed by atoms with E-state index in [1.165, 1.54) is 12.1 Å². The first-order valence-electron chi connectivity index (χ1n) is 6.99. The lowest BCUT2D eigenvalue weighted by atomic mass is 10.1. The summed E-state index contributed by atoms with van der Waals surface area (Å²) in [5, 5.41) is 11.8. The minimum Gasteiger partial charge on any atom is -0.395 e. The van der Waals surface area contributed by atoms with E-state index in [0.29, 0.717) is 32.7 Å². The fourth-order valence-electron chi connectivity index (χ4n) is 1.89. The highest BCUT2D eigenvalue weighted by Crippen LogP contribution is 2.02. The van der Waals surface area contributed by atoms with Crippen LogP contribution in [0, 0.1) is 5.82 Å². The minimum absolute atomic E-state index is 0.00652. The summed E-state index contributed by atoms with van der Waals surface area (Å²) < 4.78 is 17.7. The number of aliphatic hydroxyl groups excluding tert-OH is 1. The van der Waals surface area contributed by atoms with Crippen molar-refractivity contribution >= 4 is 5.91 Å². The summed E-state index contributed by atoms with van der Waals surface area (Å²) in [6.07, 6.45) is 0.657. The van der Waals surface area contributed by atoms with Crippen molar-refractivity contribution in [1.29, 1.82) is 0 Å². The maximum absolute atomic E-state index is 12.7. The monoisotopic (exact) mass is 298 g/mol. The zero-order valence-corrected chi connectivity index (χ0v) is 12.3. The fraction of sp³-hybridized carbons (Fsp3) is 0.533. The summed E-state index contributed by atoms with van der Waals surface area (Å²) in [7, 11) is 1.60. The molecular formula is C15H23FN2O3. The van der Waals surface area contributed by atoms with Crippen LogP contribution in [0.25, 0.3) is 0 Å². The number of benzene rings is 1. The Labute approximate surface area is 124 Å². The number of aliphatic hydroxyl groups is 1. The molecule has 1 aromatic carbocycles. The first-order valence-corrected chi connectivity index (χ1v) is 6.99. The summed E-state index contributed by atoms with van der Waals surface area (Å²) >= 11 is 0. The lowest BCUT2D eigenvalue weighted by Crippen LogP contribution is -2.40. The molecule has 0 aliphatic heterocycles. The molecule has 0 atom stereocenters. The van der Waals surface area contributed by atoms with Gasteiger partial charge in [-0.2, -0.15) is 0 Å². The predicted molar refractivity (Wildman–Crippen MR) is 78.5 cm³/mol. The van der Waals surface area contributed by atoms with Crippen LogP contribution in [0.4, 0.5) is 4.39 Å². The molecule has 0 saturated heterocycles. The number of ether oxygens (including phenoxy) is 1. The van der Waals surface area contributed by atoms with Crippen molar-refractivity contribution in [3.63, 3.8) is 0 Å². The maximum Gasteiger partial charge on any atom is 0.234 e. The van der Waals surface area contributed by atoms with Crippen molar-refractivity contribution in [1.82, 2.24) is 10.2 Å². The summed E-state index contributed by atoms with van der Waals surface area (Å²) in [6, 6.07) is 6.23. The third kappa shape index (κ3) is 7.75. The number of methoxy groups -OCH3 is 1. The van der Waals surface area contributed by atoms with Crippen LogP contribution in [0.15, 0.2) is 24.3 Å². The standard InChI is InChI=1S/C15H23FN2O3/c1-21-11-9-18(8-10-19)12-15(20)17-7-6-13-2-4-14(16)5-3-13/h2-5,19H,6-12H2,1H3,(H,17,20). The Balaban J connectivity index is 2.26. The summed E-state index contributed by atoms with van der Waals surface area (Å²) in [5.41, 5.74) is 0.975. The summed E-state index contributed by atoms with van der Waals surface area (Å²) in [5.74, 6) is -0.359. The summed E-state index contributed by atoms with van der Waals surface area (Å²) in [4.78, 5) is 13.6. The van der Waals surface area contributed by atoms with E-state index in [2.05, 4.69) is 5.32 Å². The number of hydrogen-bond donors (Lipinski definition) is 2.